The number of pyridine rings is 1. The zero-order valence-electron chi connectivity index (χ0n) is 20.7. The maximum absolute atomic E-state index is 13.0. The van der Waals surface area contributed by atoms with E-state index in [0.717, 1.165) is 28.5 Å². The molecular weight excluding hydrogens is 485 g/mol. The monoisotopic (exact) mass is 512 g/mol. The number of aromatic nitrogens is 3. The van der Waals surface area contributed by atoms with Crippen molar-refractivity contribution in [2.24, 2.45) is 0 Å². The van der Waals surface area contributed by atoms with Crippen LogP contribution in [0.3, 0.4) is 0 Å². The summed E-state index contributed by atoms with van der Waals surface area (Å²) in [6, 6.07) is 11.9. The lowest BCUT2D eigenvalue weighted by Gasteiger charge is -2.40. The summed E-state index contributed by atoms with van der Waals surface area (Å²) in [4.78, 5) is 17.6. The molecule has 1 unspecified atom stereocenters. The highest BCUT2D eigenvalue weighted by Gasteiger charge is 2.34. The molecule has 1 N–H and O–H groups in total. The molecular formula is C27H27F3N4O3. The molecule has 4 aromatic rings. The molecule has 2 aromatic heterocycles. The summed E-state index contributed by atoms with van der Waals surface area (Å²) in [6.07, 6.45) is -1.20. The molecule has 0 aliphatic heterocycles. The topological polar surface area (TPSA) is 92.4 Å². The van der Waals surface area contributed by atoms with E-state index in [1.165, 1.54) is 17.0 Å². The number of nitrogens with zero attached hydrogens (tertiary/aromatic N) is 4. The van der Waals surface area contributed by atoms with Crippen molar-refractivity contribution in [3.05, 3.63) is 77.9 Å². The molecule has 0 aliphatic rings. The first-order valence-electron chi connectivity index (χ1n) is 11.8. The molecule has 0 fully saturated rings. The van der Waals surface area contributed by atoms with Crippen LogP contribution >= 0.6 is 0 Å². The maximum atomic E-state index is 13.0. The van der Waals surface area contributed by atoms with E-state index in [1.54, 1.807) is 33.2 Å². The molecule has 4 rings (SSSR count). The summed E-state index contributed by atoms with van der Waals surface area (Å²) in [5.74, 6) is 0.695. The van der Waals surface area contributed by atoms with Crippen LogP contribution in [0.5, 0.6) is 0 Å². The summed E-state index contributed by atoms with van der Waals surface area (Å²) in [5, 5.41) is 20.2. The van der Waals surface area contributed by atoms with Crippen LogP contribution < -0.4 is 0 Å². The molecule has 0 saturated carbocycles. The second-order valence-corrected chi connectivity index (χ2v) is 9.85. The largest absolute Gasteiger partial charge is 0.465 e. The molecule has 0 spiro atoms. The Labute approximate surface area is 212 Å². The SMILES string of the molecule is CC(C)(C)N(C(=O)O)C(CCc1nnc(-c2ccc3cnccc3c2)o1)Cc1ccc(C(F)(F)F)cc1. The summed E-state index contributed by atoms with van der Waals surface area (Å²) in [6.45, 7) is 5.34. The van der Waals surface area contributed by atoms with Gasteiger partial charge in [-0.2, -0.15) is 13.2 Å². The van der Waals surface area contributed by atoms with Gasteiger partial charge in [-0.05, 0) is 74.9 Å². The van der Waals surface area contributed by atoms with Crippen LogP contribution in [-0.2, 0) is 19.0 Å². The van der Waals surface area contributed by atoms with E-state index >= 15 is 0 Å². The number of amides is 1. The van der Waals surface area contributed by atoms with Crippen LogP contribution in [0, 0.1) is 0 Å². The van der Waals surface area contributed by atoms with Crippen LogP contribution in [0.2, 0.25) is 0 Å². The lowest BCUT2D eigenvalue weighted by Crippen LogP contribution is -2.52. The fraction of sp³-hybridized carbons (Fsp3) is 0.333. The third kappa shape index (κ3) is 6.25. The van der Waals surface area contributed by atoms with Crippen LogP contribution in [0.4, 0.5) is 18.0 Å². The smallest absolute Gasteiger partial charge is 0.416 e. The Bertz CT molecular complexity index is 1380. The van der Waals surface area contributed by atoms with Crippen molar-refractivity contribution in [2.45, 2.75) is 57.8 Å². The van der Waals surface area contributed by atoms with Gasteiger partial charge in [-0.3, -0.25) is 4.98 Å². The average molecular weight is 513 g/mol. The third-order valence-electron chi connectivity index (χ3n) is 6.09. The molecule has 10 heteroatoms. The summed E-state index contributed by atoms with van der Waals surface area (Å²) < 4.78 is 44.8. The van der Waals surface area contributed by atoms with E-state index in [0.29, 0.717) is 30.2 Å². The van der Waals surface area contributed by atoms with Crippen LogP contribution in [0.15, 0.2) is 65.3 Å². The number of benzene rings is 2. The summed E-state index contributed by atoms with van der Waals surface area (Å²) in [5.41, 5.74) is -0.129. The molecule has 2 aromatic carbocycles. The Balaban J connectivity index is 1.54. The van der Waals surface area contributed by atoms with Gasteiger partial charge in [-0.25, -0.2) is 4.79 Å². The molecule has 0 radical (unpaired) electrons. The lowest BCUT2D eigenvalue weighted by atomic mass is 9.95. The molecule has 1 atom stereocenters. The Morgan fingerprint density at radius 2 is 1.76 bits per heavy atom. The molecule has 37 heavy (non-hydrogen) atoms. The molecule has 0 aliphatic carbocycles. The van der Waals surface area contributed by atoms with E-state index < -0.39 is 29.4 Å². The van der Waals surface area contributed by atoms with E-state index in [1.807, 2.05) is 24.3 Å². The van der Waals surface area contributed by atoms with Crippen molar-refractivity contribution in [1.29, 1.82) is 0 Å². The first kappa shape index (κ1) is 26.1. The summed E-state index contributed by atoms with van der Waals surface area (Å²) >= 11 is 0. The fourth-order valence-corrected chi connectivity index (χ4v) is 4.39. The number of aryl methyl sites for hydroxylation is 1. The van der Waals surface area contributed by atoms with E-state index in [2.05, 4.69) is 15.2 Å². The zero-order valence-corrected chi connectivity index (χ0v) is 20.7. The fourth-order valence-electron chi connectivity index (χ4n) is 4.39. The Kier molecular flexibility index (Phi) is 7.20. The number of carbonyl (C=O) groups is 1. The van der Waals surface area contributed by atoms with Crippen molar-refractivity contribution in [3.8, 4) is 11.5 Å². The number of hydrogen-bond donors (Lipinski definition) is 1. The Hall–Kier alpha value is -3.95. The predicted molar refractivity (Wildman–Crippen MR) is 132 cm³/mol. The number of carboxylic acid groups (broad SMARTS) is 1. The first-order valence-corrected chi connectivity index (χ1v) is 11.8. The normalized spacial score (nSPS) is 13.0. The van der Waals surface area contributed by atoms with E-state index in [-0.39, 0.29) is 6.42 Å². The molecule has 1 amide bonds. The minimum atomic E-state index is -4.44. The Morgan fingerprint density at radius 3 is 2.41 bits per heavy atom. The number of alkyl halides is 3. The highest BCUT2D eigenvalue weighted by Crippen LogP contribution is 2.30. The van der Waals surface area contributed by atoms with Gasteiger partial charge in [0, 0.05) is 41.3 Å². The zero-order chi connectivity index (χ0) is 26.8. The molecule has 2 heterocycles. The maximum Gasteiger partial charge on any atom is 0.416 e. The number of fused-ring (bicyclic) bond motifs is 1. The van der Waals surface area contributed by atoms with Crippen molar-refractivity contribution < 1.29 is 27.5 Å². The van der Waals surface area contributed by atoms with Crippen molar-refractivity contribution in [2.75, 3.05) is 0 Å². The molecule has 194 valence electrons. The van der Waals surface area contributed by atoms with Crippen molar-refractivity contribution >= 4 is 16.9 Å². The van der Waals surface area contributed by atoms with Gasteiger partial charge in [0.1, 0.15) is 0 Å². The average Bonchev–Trinajstić information content (AvgIpc) is 3.30. The first-order chi connectivity index (χ1) is 17.4. The minimum Gasteiger partial charge on any atom is -0.465 e. The number of rotatable bonds is 7. The second-order valence-electron chi connectivity index (χ2n) is 9.85. The molecule has 0 bridgehead atoms. The quantitative estimate of drug-likeness (QED) is 0.299. The molecule has 7 nitrogen and oxygen atoms in total. The van der Waals surface area contributed by atoms with E-state index in [9.17, 15) is 23.1 Å². The van der Waals surface area contributed by atoms with Crippen LogP contribution in [-0.4, -0.2) is 42.9 Å². The lowest BCUT2D eigenvalue weighted by molar-refractivity contribution is -0.137. The standard InChI is InChI=1S/C27H27F3N4O3/c1-26(2,3)34(25(35)36)22(14-17-4-8-21(9-5-17)27(28,29)30)10-11-23-32-33-24(37-23)19-6-7-20-16-31-13-12-18(20)15-19/h4-9,12-13,15-16,22H,10-11,14H2,1-3H3,(H,35,36). The minimum absolute atomic E-state index is 0.238. The third-order valence-corrected chi connectivity index (χ3v) is 6.09. The summed E-state index contributed by atoms with van der Waals surface area (Å²) in [7, 11) is 0. The van der Waals surface area contributed by atoms with Crippen LogP contribution in [0.25, 0.3) is 22.2 Å². The van der Waals surface area contributed by atoms with Gasteiger partial charge >= 0.3 is 12.3 Å². The number of hydrogen-bond acceptors (Lipinski definition) is 5. The van der Waals surface area contributed by atoms with E-state index in [4.69, 9.17) is 4.42 Å². The van der Waals surface area contributed by atoms with Crippen LogP contribution in [0.1, 0.15) is 44.2 Å². The predicted octanol–water partition coefficient (Wildman–Crippen LogP) is 6.63. The van der Waals surface area contributed by atoms with Crippen molar-refractivity contribution in [1.82, 2.24) is 20.1 Å². The van der Waals surface area contributed by atoms with Gasteiger partial charge in [0.05, 0.1) is 5.56 Å². The van der Waals surface area contributed by atoms with Gasteiger partial charge in [0.15, 0.2) is 0 Å². The van der Waals surface area contributed by atoms with Gasteiger partial charge in [-0.15, -0.1) is 10.2 Å². The van der Waals surface area contributed by atoms with Crippen molar-refractivity contribution in [3.63, 3.8) is 0 Å². The highest BCUT2D eigenvalue weighted by atomic mass is 19.4. The second kappa shape index (κ2) is 10.2. The van der Waals surface area contributed by atoms with Gasteiger partial charge in [-0.1, -0.05) is 18.2 Å². The van der Waals surface area contributed by atoms with Gasteiger partial charge < -0.3 is 14.4 Å². The highest BCUT2D eigenvalue weighted by molar-refractivity contribution is 5.85. The molecule has 0 saturated heterocycles. The number of halogens is 3. The van der Waals surface area contributed by atoms with Gasteiger partial charge in [0.2, 0.25) is 11.8 Å². The Morgan fingerprint density at radius 1 is 1.03 bits per heavy atom. The van der Waals surface area contributed by atoms with Gasteiger partial charge in [0.25, 0.3) is 0 Å².